The number of carbonyl (C=O) groups is 1. The summed E-state index contributed by atoms with van der Waals surface area (Å²) in [6, 6.07) is 3.23. The Morgan fingerprint density at radius 3 is 2.77 bits per heavy atom. The summed E-state index contributed by atoms with van der Waals surface area (Å²) in [5.41, 5.74) is 0.371. The maximum atomic E-state index is 14.0. The van der Waals surface area contributed by atoms with E-state index in [4.69, 9.17) is 4.74 Å². The Bertz CT molecular complexity index is 800. The van der Waals surface area contributed by atoms with Crippen LogP contribution in [0, 0.1) is 5.82 Å². The smallest absolute Gasteiger partial charge is 0.324 e. The standard InChI is InChI=1S/C14H17FN2O4S/c1-4-21-14(18)9(2)17(3)22(19,20)12-8-16-11-7-5-6-10(15)13(11)12/h5-9,16H,4H2,1-3H3. The molecule has 1 heterocycles. The zero-order chi connectivity index (χ0) is 16.5. The minimum Gasteiger partial charge on any atom is -0.465 e. The Hall–Kier alpha value is -1.93. The number of hydrogen-bond donors (Lipinski definition) is 1. The van der Waals surface area contributed by atoms with Gasteiger partial charge in [0.05, 0.1) is 12.0 Å². The van der Waals surface area contributed by atoms with Crippen LogP contribution in [0.5, 0.6) is 0 Å². The highest BCUT2D eigenvalue weighted by molar-refractivity contribution is 7.89. The minimum atomic E-state index is -4.05. The predicted octanol–water partition coefficient (Wildman–Crippen LogP) is 1.88. The van der Waals surface area contributed by atoms with E-state index < -0.39 is 27.9 Å². The Morgan fingerprint density at radius 2 is 2.14 bits per heavy atom. The molecule has 2 aromatic rings. The highest BCUT2D eigenvalue weighted by Crippen LogP contribution is 2.28. The van der Waals surface area contributed by atoms with Gasteiger partial charge in [-0.3, -0.25) is 4.79 Å². The van der Waals surface area contributed by atoms with Crippen LogP contribution in [0.2, 0.25) is 0 Å². The second-order valence-corrected chi connectivity index (χ2v) is 6.73. The molecule has 1 aromatic carbocycles. The number of esters is 1. The lowest BCUT2D eigenvalue weighted by atomic mass is 10.2. The van der Waals surface area contributed by atoms with Gasteiger partial charge in [-0.15, -0.1) is 0 Å². The highest BCUT2D eigenvalue weighted by Gasteiger charge is 2.32. The summed E-state index contributed by atoms with van der Waals surface area (Å²) >= 11 is 0. The number of fused-ring (bicyclic) bond motifs is 1. The number of aromatic amines is 1. The van der Waals surface area contributed by atoms with Crippen LogP contribution >= 0.6 is 0 Å². The molecule has 0 radical (unpaired) electrons. The molecule has 1 aromatic heterocycles. The molecule has 0 bridgehead atoms. The van der Waals surface area contributed by atoms with Crippen LogP contribution in [0.1, 0.15) is 13.8 Å². The fourth-order valence-corrected chi connectivity index (χ4v) is 3.57. The molecule has 6 nitrogen and oxygen atoms in total. The van der Waals surface area contributed by atoms with Gasteiger partial charge in [0.25, 0.3) is 0 Å². The van der Waals surface area contributed by atoms with Gasteiger partial charge in [-0.25, -0.2) is 12.8 Å². The number of halogens is 1. The summed E-state index contributed by atoms with van der Waals surface area (Å²) in [6.07, 6.45) is 1.22. The molecule has 0 spiro atoms. The van der Waals surface area contributed by atoms with Crippen molar-refractivity contribution in [1.29, 1.82) is 0 Å². The van der Waals surface area contributed by atoms with Crippen LogP contribution in [0.25, 0.3) is 10.9 Å². The van der Waals surface area contributed by atoms with E-state index in [2.05, 4.69) is 4.98 Å². The number of rotatable bonds is 5. The van der Waals surface area contributed by atoms with Crippen molar-refractivity contribution in [2.45, 2.75) is 24.8 Å². The number of sulfonamides is 1. The van der Waals surface area contributed by atoms with Gasteiger partial charge in [0.1, 0.15) is 16.8 Å². The van der Waals surface area contributed by atoms with E-state index in [0.717, 1.165) is 4.31 Å². The third-order valence-electron chi connectivity index (χ3n) is 3.45. The quantitative estimate of drug-likeness (QED) is 0.850. The molecular weight excluding hydrogens is 311 g/mol. The lowest BCUT2D eigenvalue weighted by Crippen LogP contribution is -2.41. The average molecular weight is 328 g/mol. The van der Waals surface area contributed by atoms with Crippen LogP contribution in [0.3, 0.4) is 0 Å². The molecule has 22 heavy (non-hydrogen) atoms. The van der Waals surface area contributed by atoms with E-state index in [1.807, 2.05) is 0 Å². The van der Waals surface area contributed by atoms with Crippen molar-refractivity contribution in [1.82, 2.24) is 9.29 Å². The van der Waals surface area contributed by atoms with E-state index in [1.54, 1.807) is 13.0 Å². The van der Waals surface area contributed by atoms with Crippen molar-refractivity contribution in [3.8, 4) is 0 Å². The molecule has 1 atom stereocenters. The van der Waals surface area contributed by atoms with Gasteiger partial charge in [-0.05, 0) is 26.0 Å². The zero-order valence-electron chi connectivity index (χ0n) is 12.5. The molecule has 8 heteroatoms. The lowest BCUT2D eigenvalue weighted by molar-refractivity contribution is -0.146. The molecule has 0 amide bonds. The van der Waals surface area contributed by atoms with Gasteiger partial charge in [0, 0.05) is 18.8 Å². The molecule has 120 valence electrons. The van der Waals surface area contributed by atoms with Gasteiger partial charge < -0.3 is 9.72 Å². The van der Waals surface area contributed by atoms with Crippen molar-refractivity contribution >= 4 is 26.9 Å². The number of likely N-dealkylation sites (N-methyl/N-ethyl adjacent to an activating group) is 1. The topological polar surface area (TPSA) is 79.5 Å². The monoisotopic (exact) mass is 328 g/mol. The fraction of sp³-hybridized carbons (Fsp3) is 0.357. The molecule has 1 N–H and O–H groups in total. The number of aromatic nitrogens is 1. The molecule has 0 saturated carbocycles. The first-order valence-electron chi connectivity index (χ1n) is 6.71. The summed E-state index contributed by atoms with van der Waals surface area (Å²) in [4.78, 5) is 14.2. The van der Waals surface area contributed by atoms with Crippen LogP contribution in [-0.4, -0.2) is 43.4 Å². The number of hydrogen-bond acceptors (Lipinski definition) is 4. The molecule has 0 aliphatic heterocycles. The maximum Gasteiger partial charge on any atom is 0.324 e. The molecule has 0 aliphatic carbocycles. The first kappa shape index (κ1) is 16.4. The van der Waals surface area contributed by atoms with Gasteiger partial charge >= 0.3 is 5.97 Å². The number of H-pyrrole nitrogens is 1. The molecule has 0 saturated heterocycles. The van der Waals surface area contributed by atoms with Crippen molar-refractivity contribution < 1.29 is 22.3 Å². The van der Waals surface area contributed by atoms with E-state index in [1.165, 1.54) is 32.3 Å². The normalized spacial score (nSPS) is 13.5. The first-order valence-corrected chi connectivity index (χ1v) is 8.15. The predicted molar refractivity (Wildman–Crippen MR) is 79.3 cm³/mol. The Kier molecular flexibility index (Phi) is 4.52. The molecular formula is C14H17FN2O4S. The van der Waals surface area contributed by atoms with Gasteiger partial charge in [-0.1, -0.05) is 6.07 Å². The number of nitrogens with zero attached hydrogens (tertiary/aromatic N) is 1. The minimum absolute atomic E-state index is 0.0228. The summed E-state index contributed by atoms with van der Waals surface area (Å²) in [7, 11) is -2.79. The third kappa shape index (κ3) is 2.71. The highest BCUT2D eigenvalue weighted by atomic mass is 32.2. The van der Waals surface area contributed by atoms with Crippen molar-refractivity contribution in [3.63, 3.8) is 0 Å². The van der Waals surface area contributed by atoms with Crippen LogP contribution in [0.15, 0.2) is 29.3 Å². The van der Waals surface area contributed by atoms with E-state index >= 15 is 0 Å². The number of carbonyl (C=O) groups excluding carboxylic acids is 1. The largest absolute Gasteiger partial charge is 0.465 e. The van der Waals surface area contributed by atoms with Crippen molar-refractivity contribution in [2.75, 3.05) is 13.7 Å². The summed E-state index contributed by atoms with van der Waals surface area (Å²) < 4.78 is 44.9. The van der Waals surface area contributed by atoms with E-state index in [0.29, 0.717) is 5.52 Å². The maximum absolute atomic E-state index is 14.0. The Morgan fingerprint density at radius 1 is 1.45 bits per heavy atom. The average Bonchev–Trinajstić information content (AvgIpc) is 2.92. The van der Waals surface area contributed by atoms with Crippen LogP contribution in [-0.2, 0) is 19.6 Å². The SMILES string of the molecule is CCOC(=O)C(C)N(C)S(=O)(=O)c1c[nH]c2cccc(F)c12. The van der Waals surface area contributed by atoms with Gasteiger partial charge in [-0.2, -0.15) is 4.31 Å². The Balaban J connectivity index is 2.47. The van der Waals surface area contributed by atoms with Gasteiger partial charge in [0.2, 0.25) is 10.0 Å². The van der Waals surface area contributed by atoms with Crippen LogP contribution in [0.4, 0.5) is 4.39 Å². The molecule has 0 fully saturated rings. The number of nitrogens with one attached hydrogen (secondary N) is 1. The third-order valence-corrected chi connectivity index (χ3v) is 5.40. The van der Waals surface area contributed by atoms with E-state index in [-0.39, 0.29) is 16.9 Å². The van der Waals surface area contributed by atoms with E-state index in [9.17, 15) is 17.6 Å². The molecule has 1 unspecified atom stereocenters. The molecule has 0 aliphatic rings. The Labute approximate surface area is 127 Å². The summed E-state index contributed by atoms with van der Waals surface area (Å²) in [5.74, 6) is -1.30. The molecule has 2 rings (SSSR count). The van der Waals surface area contributed by atoms with Crippen molar-refractivity contribution in [2.24, 2.45) is 0 Å². The van der Waals surface area contributed by atoms with Crippen molar-refractivity contribution in [3.05, 3.63) is 30.2 Å². The summed E-state index contributed by atoms with van der Waals surface area (Å²) in [6.45, 7) is 3.20. The fourth-order valence-electron chi connectivity index (χ4n) is 2.09. The lowest BCUT2D eigenvalue weighted by Gasteiger charge is -2.22. The van der Waals surface area contributed by atoms with Crippen LogP contribution < -0.4 is 0 Å². The second-order valence-electron chi connectivity index (χ2n) is 4.76. The number of benzene rings is 1. The second kappa shape index (κ2) is 6.05. The first-order chi connectivity index (χ1) is 10.3. The van der Waals surface area contributed by atoms with Gasteiger partial charge in [0.15, 0.2) is 0 Å². The number of ether oxygens (including phenoxy) is 1. The zero-order valence-corrected chi connectivity index (χ0v) is 13.3. The summed E-state index contributed by atoms with van der Waals surface area (Å²) in [5, 5.41) is -0.0228.